The Morgan fingerprint density at radius 3 is 2.50 bits per heavy atom. The smallest absolute Gasteiger partial charge is 0.312 e. The molecule has 0 spiro atoms. The predicted molar refractivity (Wildman–Crippen MR) is 51.7 cm³/mol. The van der Waals surface area contributed by atoms with Crippen LogP contribution in [0.2, 0.25) is 0 Å². The van der Waals surface area contributed by atoms with E-state index in [0.717, 1.165) is 25.2 Å². The molecule has 2 bridgehead atoms. The summed E-state index contributed by atoms with van der Waals surface area (Å²) < 4.78 is 5.11. The van der Waals surface area contributed by atoms with E-state index < -0.39 is 0 Å². The molecule has 3 saturated carbocycles. The van der Waals surface area contributed by atoms with E-state index in [1.807, 2.05) is 6.92 Å². The molecular formula is C11H17NO2. The topological polar surface area (TPSA) is 38.3 Å². The van der Waals surface area contributed by atoms with Crippen LogP contribution in [0.4, 0.5) is 0 Å². The molecule has 1 saturated heterocycles. The molecule has 14 heavy (non-hydrogen) atoms. The van der Waals surface area contributed by atoms with Gasteiger partial charge in [0, 0.05) is 0 Å². The van der Waals surface area contributed by atoms with Crippen molar-refractivity contribution in [2.75, 3.05) is 19.7 Å². The third-order valence-corrected chi connectivity index (χ3v) is 4.43. The summed E-state index contributed by atoms with van der Waals surface area (Å²) in [6.45, 7) is 4.74. The maximum absolute atomic E-state index is 11.6. The van der Waals surface area contributed by atoms with Gasteiger partial charge in [-0.25, -0.2) is 0 Å². The van der Waals surface area contributed by atoms with Crippen LogP contribution in [0.5, 0.6) is 0 Å². The standard InChI is InChI=1S/C11H17NO2/c1-2-14-9(13)11-5-10(6-11,7-11)8-3-12-4-8/h8,12H,2-7H2,1H3. The van der Waals surface area contributed by atoms with Crippen molar-refractivity contribution < 1.29 is 9.53 Å². The van der Waals surface area contributed by atoms with E-state index in [2.05, 4.69) is 5.32 Å². The van der Waals surface area contributed by atoms with Gasteiger partial charge in [-0.2, -0.15) is 0 Å². The van der Waals surface area contributed by atoms with Crippen molar-refractivity contribution in [2.45, 2.75) is 26.2 Å². The van der Waals surface area contributed by atoms with Gasteiger partial charge in [-0.05, 0) is 50.6 Å². The minimum atomic E-state index is -0.0361. The molecule has 0 aromatic heterocycles. The van der Waals surface area contributed by atoms with E-state index in [9.17, 15) is 4.79 Å². The third kappa shape index (κ3) is 0.842. The molecule has 1 aliphatic heterocycles. The highest BCUT2D eigenvalue weighted by atomic mass is 16.5. The zero-order chi connectivity index (χ0) is 9.81. The monoisotopic (exact) mass is 195 g/mol. The third-order valence-electron chi connectivity index (χ3n) is 4.43. The first-order valence-electron chi connectivity index (χ1n) is 5.59. The van der Waals surface area contributed by atoms with Crippen molar-refractivity contribution in [1.29, 1.82) is 0 Å². The molecule has 3 heteroatoms. The van der Waals surface area contributed by atoms with Crippen molar-refractivity contribution >= 4 is 5.97 Å². The Morgan fingerprint density at radius 2 is 2.07 bits per heavy atom. The summed E-state index contributed by atoms with van der Waals surface area (Å²) in [5.74, 6) is 0.910. The van der Waals surface area contributed by atoms with Crippen LogP contribution in [-0.4, -0.2) is 25.7 Å². The van der Waals surface area contributed by atoms with Crippen molar-refractivity contribution in [3.05, 3.63) is 0 Å². The van der Waals surface area contributed by atoms with Crippen LogP contribution in [0.25, 0.3) is 0 Å². The second-order valence-corrected chi connectivity index (χ2v) is 5.25. The maximum Gasteiger partial charge on any atom is 0.312 e. The number of ether oxygens (including phenoxy) is 1. The van der Waals surface area contributed by atoms with Gasteiger partial charge in [-0.1, -0.05) is 0 Å². The van der Waals surface area contributed by atoms with Crippen molar-refractivity contribution in [1.82, 2.24) is 5.32 Å². The Bertz CT molecular complexity index is 263. The quantitative estimate of drug-likeness (QED) is 0.681. The van der Waals surface area contributed by atoms with Gasteiger partial charge in [0.05, 0.1) is 12.0 Å². The van der Waals surface area contributed by atoms with Crippen molar-refractivity contribution in [3.8, 4) is 0 Å². The van der Waals surface area contributed by atoms with E-state index in [4.69, 9.17) is 4.74 Å². The fourth-order valence-corrected chi connectivity index (χ4v) is 3.52. The number of hydrogen-bond donors (Lipinski definition) is 1. The van der Waals surface area contributed by atoms with Crippen LogP contribution in [0.3, 0.4) is 0 Å². The van der Waals surface area contributed by atoms with Gasteiger partial charge in [0.15, 0.2) is 0 Å². The van der Waals surface area contributed by atoms with Crippen molar-refractivity contribution in [3.63, 3.8) is 0 Å². The van der Waals surface area contributed by atoms with Gasteiger partial charge in [0.2, 0.25) is 0 Å². The number of rotatable bonds is 3. The van der Waals surface area contributed by atoms with E-state index in [-0.39, 0.29) is 11.4 Å². The number of carbonyl (C=O) groups excluding carboxylic acids is 1. The lowest BCUT2D eigenvalue weighted by Crippen LogP contribution is -2.72. The van der Waals surface area contributed by atoms with Crippen LogP contribution in [0.1, 0.15) is 26.2 Å². The van der Waals surface area contributed by atoms with Crippen molar-refractivity contribution in [2.24, 2.45) is 16.7 Å². The molecule has 1 heterocycles. The average Bonchev–Trinajstić information content (AvgIpc) is 1.89. The Hall–Kier alpha value is -0.570. The molecule has 0 aromatic rings. The van der Waals surface area contributed by atoms with E-state index in [1.165, 1.54) is 13.1 Å². The van der Waals surface area contributed by atoms with Gasteiger partial charge in [-0.3, -0.25) is 4.79 Å². The Balaban J connectivity index is 1.60. The lowest BCUT2D eigenvalue weighted by molar-refractivity contribution is -0.251. The summed E-state index contributed by atoms with van der Waals surface area (Å²) in [4.78, 5) is 11.6. The summed E-state index contributed by atoms with van der Waals surface area (Å²) in [5.41, 5.74) is 0.504. The molecular weight excluding hydrogens is 178 g/mol. The van der Waals surface area contributed by atoms with E-state index in [1.54, 1.807) is 0 Å². The van der Waals surface area contributed by atoms with Crippen LogP contribution in [-0.2, 0) is 9.53 Å². The first-order valence-corrected chi connectivity index (χ1v) is 5.59. The molecule has 3 aliphatic carbocycles. The lowest BCUT2D eigenvalue weighted by Gasteiger charge is -2.73. The minimum absolute atomic E-state index is 0.0361. The maximum atomic E-state index is 11.6. The summed E-state index contributed by atoms with van der Waals surface area (Å²) in [5, 5.41) is 3.31. The molecule has 4 fully saturated rings. The van der Waals surface area contributed by atoms with Crippen LogP contribution in [0.15, 0.2) is 0 Å². The molecule has 0 radical (unpaired) electrons. The Kier molecular flexibility index (Phi) is 1.56. The average molecular weight is 195 g/mol. The molecule has 1 N–H and O–H groups in total. The highest BCUT2D eigenvalue weighted by Gasteiger charge is 2.74. The highest BCUT2D eigenvalue weighted by molar-refractivity contribution is 5.81. The number of hydrogen-bond acceptors (Lipinski definition) is 3. The summed E-state index contributed by atoms with van der Waals surface area (Å²) in [6.07, 6.45) is 3.31. The number of esters is 1. The highest BCUT2D eigenvalue weighted by Crippen LogP contribution is 2.76. The van der Waals surface area contributed by atoms with E-state index in [0.29, 0.717) is 12.0 Å². The molecule has 4 rings (SSSR count). The van der Waals surface area contributed by atoms with E-state index >= 15 is 0 Å². The minimum Gasteiger partial charge on any atom is -0.466 e. The fourth-order valence-electron chi connectivity index (χ4n) is 3.52. The molecule has 0 atom stereocenters. The number of carbonyl (C=O) groups is 1. The summed E-state index contributed by atoms with van der Waals surface area (Å²) >= 11 is 0. The molecule has 3 nitrogen and oxygen atoms in total. The first-order chi connectivity index (χ1) is 6.71. The SMILES string of the molecule is CCOC(=O)C12CC(C3CNC3)(C1)C2. The number of nitrogens with one attached hydrogen (secondary N) is 1. The Morgan fingerprint density at radius 1 is 1.43 bits per heavy atom. The van der Waals surface area contributed by atoms with Gasteiger partial charge in [0.25, 0.3) is 0 Å². The second kappa shape index (κ2) is 2.51. The van der Waals surface area contributed by atoms with Gasteiger partial charge >= 0.3 is 5.97 Å². The first kappa shape index (κ1) is 8.72. The van der Waals surface area contributed by atoms with Gasteiger partial charge < -0.3 is 10.1 Å². The lowest BCUT2D eigenvalue weighted by atomic mass is 9.31. The molecule has 78 valence electrons. The molecule has 0 aromatic carbocycles. The molecule has 4 aliphatic rings. The van der Waals surface area contributed by atoms with Gasteiger partial charge in [0.1, 0.15) is 0 Å². The normalized spacial score (nSPS) is 44.6. The largest absolute Gasteiger partial charge is 0.466 e. The van der Waals surface area contributed by atoms with Crippen LogP contribution in [0, 0.1) is 16.7 Å². The zero-order valence-electron chi connectivity index (χ0n) is 8.64. The summed E-state index contributed by atoms with van der Waals surface area (Å²) in [6, 6.07) is 0. The molecule has 0 unspecified atom stereocenters. The summed E-state index contributed by atoms with van der Waals surface area (Å²) in [7, 11) is 0. The predicted octanol–water partition coefficient (Wildman–Crippen LogP) is 0.939. The van der Waals surface area contributed by atoms with Crippen LogP contribution < -0.4 is 5.32 Å². The zero-order valence-corrected chi connectivity index (χ0v) is 8.64. The molecule has 0 amide bonds. The van der Waals surface area contributed by atoms with Crippen LogP contribution >= 0.6 is 0 Å². The fraction of sp³-hybridized carbons (Fsp3) is 0.909. The Labute approximate surface area is 84.2 Å². The second-order valence-electron chi connectivity index (χ2n) is 5.25. The van der Waals surface area contributed by atoms with Gasteiger partial charge in [-0.15, -0.1) is 0 Å².